The average molecular weight is 329 g/mol. The maximum absolute atomic E-state index is 11.9. The van der Waals surface area contributed by atoms with E-state index < -0.39 is 0 Å². The minimum atomic E-state index is -0.126. The number of nitrogens with zero attached hydrogens (tertiary/aromatic N) is 1. The Kier molecular flexibility index (Phi) is 5.83. The van der Waals surface area contributed by atoms with E-state index in [1.807, 2.05) is 68.4 Å². The Balaban J connectivity index is 1.89. The Bertz CT molecular complexity index is 706. The number of amides is 1. The van der Waals surface area contributed by atoms with E-state index in [0.29, 0.717) is 11.6 Å². The summed E-state index contributed by atoms with van der Waals surface area (Å²) in [5.74, 6) is -0.126. The molecule has 23 heavy (non-hydrogen) atoms. The van der Waals surface area contributed by atoms with Crippen molar-refractivity contribution in [2.45, 2.75) is 13.5 Å². The number of hydrogen-bond donors (Lipinski definition) is 1. The van der Waals surface area contributed by atoms with Crippen molar-refractivity contribution in [3.8, 4) is 0 Å². The molecule has 0 spiro atoms. The monoisotopic (exact) mass is 328 g/mol. The van der Waals surface area contributed by atoms with Crippen LogP contribution in [-0.2, 0) is 11.3 Å². The highest BCUT2D eigenvalue weighted by Crippen LogP contribution is 2.17. The van der Waals surface area contributed by atoms with Crippen LogP contribution in [0.3, 0.4) is 0 Å². The molecule has 3 nitrogen and oxygen atoms in total. The average Bonchev–Trinajstić information content (AvgIpc) is 2.54. The summed E-state index contributed by atoms with van der Waals surface area (Å²) in [6.45, 7) is 2.45. The molecule has 0 aromatic heterocycles. The van der Waals surface area contributed by atoms with Crippen molar-refractivity contribution in [3.63, 3.8) is 0 Å². The molecule has 1 N–H and O–H groups in total. The smallest absolute Gasteiger partial charge is 0.244 e. The molecule has 2 rings (SSSR count). The highest BCUT2D eigenvalue weighted by molar-refractivity contribution is 6.31. The quantitative estimate of drug-likeness (QED) is 0.840. The topological polar surface area (TPSA) is 32.3 Å². The Morgan fingerprint density at radius 1 is 1.17 bits per heavy atom. The highest BCUT2D eigenvalue weighted by Gasteiger charge is 2.00. The number of aryl methyl sites for hydroxylation is 1. The fraction of sp³-hybridized carbons (Fsp3) is 0.211. The predicted molar refractivity (Wildman–Crippen MR) is 97.8 cm³/mol. The number of benzene rings is 2. The summed E-state index contributed by atoms with van der Waals surface area (Å²) in [6.07, 6.45) is 3.28. The lowest BCUT2D eigenvalue weighted by Gasteiger charge is -2.12. The van der Waals surface area contributed by atoms with E-state index in [0.717, 1.165) is 22.4 Å². The predicted octanol–water partition coefficient (Wildman–Crippen LogP) is 4.04. The zero-order chi connectivity index (χ0) is 16.8. The van der Waals surface area contributed by atoms with Gasteiger partial charge in [0.1, 0.15) is 0 Å². The molecule has 0 fully saturated rings. The molecule has 0 heterocycles. The number of anilines is 1. The van der Waals surface area contributed by atoms with Crippen molar-refractivity contribution in [1.29, 1.82) is 0 Å². The molecule has 0 aliphatic heterocycles. The van der Waals surface area contributed by atoms with Crippen LogP contribution in [0.25, 0.3) is 6.08 Å². The molecule has 0 aliphatic rings. The first-order chi connectivity index (χ1) is 11.0. The first-order valence-corrected chi connectivity index (χ1v) is 7.82. The maximum atomic E-state index is 11.9. The van der Waals surface area contributed by atoms with E-state index in [-0.39, 0.29) is 5.91 Å². The van der Waals surface area contributed by atoms with Gasteiger partial charge in [0.25, 0.3) is 0 Å². The SMILES string of the molecule is Cc1ccc(/C=C/C(=O)NCc2ccc(N(C)C)cc2)cc1Cl. The summed E-state index contributed by atoms with van der Waals surface area (Å²) in [6, 6.07) is 13.8. The molecule has 2 aromatic rings. The second kappa shape index (κ2) is 7.84. The number of halogens is 1. The maximum Gasteiger partial charge on any atom is 0.244 e. The molecule has 0 saturated carbocycles. The van der Waals surface area contributed by atoms with E-state index in [2.05, 4.69) is 5.32 Å². The molecule has 0 atom stereocenters. The van der Waals surface area contributed by atoms with Crippen molar-refractivity contribution in [3.05, 3.63) is 70.3 Å². The normalized spacial score (nSPS) is 10.8. The van der Waals surface area contributed by atoms with Gasteiger partial charge in [0, 0.05) is 37.4 Å². The fourth-order valence-electron chi connectivity index (χ4n) is 2.04. The molecule has 0 radical (unpaired) electrons. The second-order valence-corrected chi connectivity index (χ2v) is 6.03. The Morgan fingerprint density at radius 3 is 2.48 bits per heavy atom. The lowest BCUT2D eigenvalue weighted by Crippen LogP contribution is -2.20. The van der Waals surface area contributed by atoms with E-state index in [4.69, 9.17) is 11.6 Å². The van der Waals surface area contributed by atoms with Gasteiger partial charge < -0.3 is 10.2 Å². The lowest BCUT2D eigenvalue weighted by atomic mass is 10.1. The Labute approximate surface area is 142 Å². The van der Waals surface area contributed by atoms with E-state index in [9.17, 15) is 4.79 Å². The summed E-state index contributed by atoms with van der Waals surface area (Å²) < 4.78 is 0. The molecular weight excluding hydrogens is 308 g/mol. The van der Waals surface area contributed by atoms with Crippen molar-refractivity contribution in [2.75, 3.05) is 19.0 Å². The van der Waals surface area contributed by atoms with Crippen LogP contribution in [0, 0.1) is 6.92 Å². The van der Waals surface area contributed by atoms with Gasteiger partial charge in [-0.3, -0.25) is 4.79 Å². The van der Waals surface area contributed by atoms with Gasteiger partial charge in [0.05, 0.1) is 0 Å². The molecule has 0 unspecified atom stereocenters. The van der Waals surface area contributed by atoms with Gasteiger partial charge in [-0.2, -0.15) is 0 Å². The molecule has 0 aliphatic carbocycles. The van der Waals surface area contributed by atoms with Gasteiger partial charge in [0.15, 0.2) is 0 Å². The van der Waals surface area contributed by atoms with Gasteiger partial charge >= 0.3 is 0 Å². The number of nitrogens with one attached hydrogen (secondary N) is 1. The van der Waals surface area contributed by atoms with Crippen LogP contribution < -0.4 is 10.2 Å². The third-order valence-electron chi connectivity index (χ3n) is 3.54. The lowest BCUT2D eigenvalue weighted by molar-refractivity contribution is -0.116. The Morgan fingerprint density at radius 2 is 1.87 bits per heavy atom. The Hall–Kier alpha value is -2.26. The fourth-order valence-corrected chi connectivity index (χ4v) is 2.23. The number of carbonyl (C=O) groups excluding carboxylic acids is 1. The van der Waals surface area contributed by atoms with Crippen LogP contribution in [0.15, 0.2) is 48.5 Å². The largest absolute Gasteiger partial charge is 0.378 e. The molecule has 2 aromatic carbocycles. The summed E-state index contributed by atoms with van der Waals surface area (Å²) in [7, 11) is 4.00. The van der Waals surface area contributed by atoms with Crippen molar-refractivity contribution >= 4 is 29.3 Å². The zero-order valence-electron chi connectivity index (χ0n) is 13.6. The first-order valence-electron chi connectivity index (χ1n) is 7.44. The van der Waals surface area contributed by atoms with E-state index >= 15 is 0 Å². The van der Waals surface area contributed by atoms with Gasteiger partial charge in [-0.05, 0) is 47.9 Å². The number of carbonyl (C=O) groups is 1. The highest BCUT2D eigenvalue weighted by atomic mass is 35.5. The van der Waals surface area contributed by atoms with Gasteiger partial charge in [0.2, 0.25) is 5.91 Å². The molecule has 0 bridgehead atoms. The zero-order valence-corrected chi connectivity index (χ0v) is 14.4. The van der Waals surface area contributed by atoms with Crippen LogP contribution in [0.2, 0.25) is 5.02 Å². The summed E-state index contributed by atoms with van der Waals surface area (Å²) in [5, 5.41) is 3.57. The second-order valence-electron chi connectivity index (χ2n) is 5.62. The van der Waals surface area contributed by atoms with Crippen LogP contribution >= 0.6 is 11.6 Å². The van der Waals surface area contributed by atoms with Crippen LogP contribution in [0.4, 0.5) is 5.69 Å². The van der Waals surface area contributed by atoms with Crippen LogP contribution in [0.1, 0.15) is 16.7 Å². The third-order valence-corrected chi connectivity index (χ3v) is 3.95. The van der Waals surface area contributed by atoms with Crippen molar-refractivity contribution in [1.82, 2.24) is 5.32 Å². The number of rotatable bonds is 5. The minimum absolute atomic E-state index is 0.126. The molecule has 120 valence electrons. The molecular formula is C19H21ClN2O. The minimum Gasteiger partial charge on any atom is -0.378 e. The van der Waals surface area contributed by atoms with E-state index in [1.54, 1.807) is 6.08 Å². The number of hydrogen-bond acceptors (Lipinski definition) is 2. The van der Waals surface area contributed by atoms with Crippen LogP contribution in [-0.4, -0.2) is 20.0 Å². The van der Waals surface area contributed by atoms with Crippen molar-refractivity contribution < 1.29 is 4.79 Å². The molecule has 4 heteroatoms. The first kappa shape index (κ1) is 17.1. The van der Waals surface area contributed by atoms with E-state index in [1.165, 1.54) is 6.08 Å². The molecule has 1 amide bonds. The van der Waals surface area contributed by atoms with Crippen molar-refractivity contribution in [2.24, 2.45) is 0 Å². The summed E-state index contributed by atoms with van der Waals surface area (Å²) in [5.41, 5.74) is 4.13. The van der Waals surface area contributed by atoms with Crippen LogP contribution in [0.5, 0.6) is 0 Å². The summed E-state index contributed by atoms with van der Waals surface area (Å²) >= 11 is 6.07. The third kappa shape index (κ3) is 5.15. The van der Waals surface area contributed by atoms with Gasteiger partial charge in [-0.25, -0.2) is 0 Å². The summed E-state index contributed by atoms with van der Waals surface area (Å²) in [4.78, 5) is 13.9. The standard InChI is InChI=1S/C19H21ClN2O/c1-14-4-5-15(12-18(14)20)8-11-19(23)21-13-16-6-9-17(10-7-16)22(2)3/h4-12H,13H2,1-3H3,(H,21,23)/b11-8+. The molecule has 0 saturated heterocycles. The van der Waals surface area contributed by atoms with Gasteiger partial charge in [-0.1, -0.05) is 35.9 Å². The van der Waals surface area contributed by atoms with Gasteiger partial charge in [-0.15, -0.1) is 0 Å².